The Morgan fingerprint density at radius 2 is 2.12 bits per heavy atom. The molecule has 0 unspecified atom stereocenters. The number of halogens is 1. The van der Waals surface area contributed by atoms with Crippen molar-refractivity contribution in [3.63, 3.8) is 0 Å². The van der Waals surface area contributed by atoms with E-state index >= 15 is 0 Å². The summed E-state index contributed by atoms with van der Waals surface area (Å²) in [5.41, 5.74) is 1.03. The van der Waals surface area contributed by atoms with E-state index in [1.807, 2.05) is 0 Å². The minimum atomic E-state index is -0.266. The first-order valence-electron chi connectivity index (χ1n) is 6.16. The number of aliphatic hydroxyl groups is 1. The van der Waals surface area contributed by atoms with Gasteiger partial charge in [-0.25, -0.2) is 4.39 Å². The van der Waals surface area contributed by atoms with E-state index in [-0.39, 0.29) is 11.9 Å². The highest BCUT2D eigenvalue weighted by Crippen LogP contribution is 2.31. The molecule has 0 aliphatic heterocycles. The third kappa shape index (κ3) is 2.97. The van der Waals surface area contributed by atoms with Gasteiger partial charge in [-0.15, -0.1) is 0 Å². The number of hydrogen-bond acceptors (Lipinski definition) is 2. The third-order valence-electron chi connectivity index (χ3n) is 3.28. The van der Waals surface area contributed by atoms with E-state index in [0.29, 0.717) is 24.2 Å². The second-order valence-electron chi connectivity index (χ2n) is 5.14. The molecule has 3 heteroatoms. The van der Waals surface area contributed by atoms with Crippen LogP contribution in [0.1, 0.15) is 38.2 Å². The average molecular weight is 238 g/mol. The van der Waals surface area contributed by atoms with Crippen LogP contribution in [0.3, 0.4) is 0 Å². The van der Waals surface area contributed by atoms with Crippen molar-refractivity contribution in [1.29, 1.82) is 0 Å². The van der Waals surface area contributed by atoms with Gasteiger partial charge in [-0.3, -0.25) is 0 Å². The van der Waals surface area contributed by atoms with Crippen molar-refractivity contribution in [2.45, 2.75) is 38.7 Å². The van der Waals surface area contributed by atoms with Crippen LogP contribution in [0.15, 0.2) is 18.2 Å². The zero-order valence-corrected chi connectivity index (χ0v) is 10.3. The number of benzene rings is 1. The van der Waals surface area contributed by atoms with Crippen molar-refractivity contribution < 1.29 is 14.2 Å². The van der Waals surface area contributed by atoms with Gasteiger partial charge in [0.1, 0.15) is 11.6 Å². The van der Waals surface area contributed by atoms with E-state index in [4.69, 9.17) is 4.74 Å². The first-order valence-corrected chi connectivity index (χ1v) is 6.16. The van der Waals surface area contributed by atoms with Crippen LogP contribution in [0.5, 0.6) is 5.75 Å². The van der Waals surface area contributed by atoms with Crippen LogP contribution in [0.25, 0.3) is 0 Å². The molecule has 1 fully saturated rings. The Balaban J connectivity index is 2.00. The lowest BCUT2D eigenvalue weighted by atomic mass is 9.83. The summed E-state index contributed by atoms with van der Waals surface area (Å²) in [6.45, 7) is 4.70. The first-order chi connectivity index (χ1) is 8.06. The van der Waals surface area contributed by atoms with E-state index in [0.717, 1.165) is 18.4 Å². The molecule has 1 aromatic carbocycles. The zero-order valence-electron chi connectivity index (χ0n) is 10.3. The van der Waals surface area contributed by atoms with Gasteiger partial charge in [-0.05, 0) is 36.3 Å². The quantitative estimate of drug-likeness (QED) is 0.873. The largest absolute Gasteiger partial charge is 0.493 e. The van der Waals surface area contributed by atoms with Gasteiger partial charge < -0.3 is 9.84 Å². The molecule has 1 aromatic rings. The molecular formula is C14H19FO2. The molecule has 0 heterocycles. The van der Waals surface area contributed by atoms with E-state index < -0.39 is 0 Å². The monoisotopic (exact) mass is 238 g/mol. The van der Waals surface area contributed by atoms with Gasteiger partial charge >= 0.3 is 0 Å². The molecule has 0 bridgehead atoms. The second-order valence-corrected chi connectivity index (χ2v) is 5.14. The lowest BCUT2D eigenvalue weighted by molar-refractivity contribution is 0.0200. The number of hydrogen-bond donors (Lipinski definition) is 1. The molecule has 0 radical (unpaired) electrons. The topological polar surface area (TPSA) is 29.5 Å². The highest BCUT2D eigenvalue weighted by Gasteiger charge is 2.27. The lowest BCUT2D eigenvalue weighted by Gasteiger charge is -2.31. The molecule has 0 saturated heterocycles. The van der Waals surface area contributed by atoms with Gasteiger partial charge in [0.15, 0.2) is 0 Å². The van der Waals surface area contributed by atoms with Crippen LogP contribution >= 0.6 is 0 Å². The minimum Gasteiger partial charge on any atom is -0.493 e. The highest BCUT2D eigenvalue weighted by molar-refractivity contribution is 5.36. The number of ether oxygens (including phenoxy) is 1. The Bertz CT molecular complexity index is 384. The van der Waals surface area contributed by atoms with Crippen LogP contribution in [-0.2, 0) is 0 Å². The first kappa shape index (κ1) is 12.4. The third-order valence-corrected chi connectivity index (χ3v) is 3.28. The smallest absolute Gasteiger partial charge is 0.126 e. The fourth-order valence-electron chi connectivity index (χ4n) is 2.15. The highest BCUT2D eigenvalue weighted by atomic mass is 19.1. The maximum absolute atomic E-state index is 13.2. The Hall–Kier alpha value is -1.09. The second kappa shape index (κ2) is 5.05. The van der Waals surface area contributed by atoms with Crippen LogP contribution in [0.2, 0.25) is 0 Å². The molecule has 0 amide bonds. The summed E-state index contributed by atoms with van der Waals surface area (Å²) in [6.07, 6.45) is 1.43. The SMILES string of the molecule is CC(C)c1ccc(F)cc1OCC1CC(O)C1. The van der Waals surface area contributed by atoms with Crippen molar-refractivity contribution >= 4 is 0 Å². The van der Waals surface area contributed by atoms with Gasteiger partial charge in [0.25, 0.3) is 0 Å². The summed E-state index contributed by atoms with van der Waals surface area (Å²) in [7, 11) is 0. The van der Waals surface area contributed by atoms with Crippen molar-refractivity contribution in [3.8, 4) is 5.75 Å². The van der Waals surface area contributed by atoms with Gasteiger partial charge in [0, 0.05) is 6.07 Å². The van der Waals surface area contributed by atoms with Gasteiger partial charge in [0.05, 0.1) is 12.7 Å². The molecule has 2 nitrogen and oxygen atoms in total. The van der Waals surface area contributed by atoms with Crippen molar-refractivity contribution in [3.05, 3.63) is 29.6 Å². The molecule has 1 N–H and O–H groups in total. The average Bonchev–Trinajstić information content (AvgIpc) is 2.22. The van der Waals surface area contributed by atoms with Gasteiger partial charge in [0.2, 0.25) is 0 Å². The van der Waals surface area contributed by atoms with E-state index in [1.54, 1.807) is 6.07 Å². The van der Waals surface area contributed by atoms with Crippen LogP contribution in [-0.4, -0.2) is 17.8 Å². The molecule has 17 heavy (non-hydrogen) atoms. The fourth-order valence-corrected chi connectivity index (χ4v) is 2.15. The van der Waals surface area contributed by atoms with Crippen molar-refractivity contribution in [1.82, 2.24) is 0 Å². The van der Waals surface area contributed by atoms with Crippen molar-refractivity contribution in [2.24, 2.45) is 5.92 Å². The van der Waals surface area contributed by atoms with E-state index in [1.165, 1.54) is 12.1 Å². The summed E-state index contributed by atoms with van der Waals surface area (Å²) in [5, 5.41) is 9.19. The minimum absolute atomic E-state index is 0.166. The molecule has 2 rings (SSSR count). The van der Waals surface area contributed by atoms with Crippen LogP contribution in [0, 0.1) is 11.7 Å². The zero-order chi connectivity index (χ0) is 12.4. The Kier molecular flexibility index (Phi) is 3.67. The molecule has 1 saturated carbocycles. The van der Waals surface area contributed by atoms with Crippen LogP contribution in [0.4, 0.5) is 4.39 Å². The lowest BCUT2D eigenvalue weighted by Crippen LogP contribution is -2.32. The maximum atomic E-state index is 13.2. The predicted molar refractivity (Wildman–Crippen MR) is 64.7 cm³/mol. The Labute approximate surface area is 101 Å². The molecule has 0 spiro atoms. The molecule has 1 aliphatic carbocycles. The molecule has 0 atom stereocenters. The Morgan fingerprint density at radius 1 is 1.41 bits per heavy atom. The molecular weight excluding hydrogens is 219 g/mol. The van der Waals surface area contributed by atoms with E-state index in [9.17, 15) is 9.50 Å². The molecule has 0 aromatic heterocycles. The Morgan fingerprint density at radius 3 is 2.71 bits per heavy atom. The summed E-state index contributed by atoms with van der Waals surface area (Å²) >= 11 is 0. The number of rotatable bonds is 4. The fraction of sp³-hybridized carbons (Fsp3) is 0.571. The van der Waals surface area contributed by atoms with Gasteiger partial charge in [-0.1, -0.05) is 19.9 Å². The van der Waals surface area contributed by atoms with Crippen molar-refractivity contribution in [2.75, 3.05) is 6.61 Å². The predicted octanol–water partition coefficient (Wildman–Crippen LogP) is 3.10. The maximum Gasteiger partial charge on any atom is 0.126 e. The van der Waals surface area contributed by atoms with E-state index in [2.05, 4.69) is 13.8 Å². The summed E-state index contributed by atoms with van der Waals surface area (Å²) in [6, 6.07) is 4.70. The normalized spacial score (nSPS) is 23.6. The molecule has 94 valence electrons. The number of aliphatic hydroxyl groups excluding tert-OH is 1. The van der Waals surface area contributed by atoms with Gasteiger partial charge in [-0.2, -0.15) is 0 Å². The summed E-state index contributed by atoms with van der Waals surface area (Å²) in [5.74, 6) is 1.10. The standard InChI is InChI=1S/C14H19FO2/c1-9(2)13-4-3-11(15)7-14(13)17-8-10-5-12(16)6-10/h3-4,7,9-10,12,16H,5-6,8H2,1-2H3. The molecule has 1 aliphatic rings. The van der Waals surface area contributed by atoms with Crippen LogP contribution < -0.4 is 4.74 Å². The summed E-state index contributed by atoms with van der Waals surface area (Å²) < 4.78 is 18.9. The summed E-state index contributed by atoms with van der Waals surface area (Å²) in [4.78, 5) is 0.